The molecule has 0 spiro atoms. The number of carbonyl (C=O) groups is 1. The van der Waals surface area contributed by atoms with Crippen LogP contribution in [0, 0.1) is 0 Å². The highest BCUT2D eigenvalue weighted by Crippen LogP contribution is 2.43. The Bertz CT molecular complexity index is 749. The second-order valence-corrected chi connectivity index (χ2v) is 14.4. The monoisotopic (exact) mass is 692 g/mol. The lowest BCUT2D eigenvalue weighted by Gasteiger charge is -2.20. The number of phosphoric ester groups is 1. The SMILES string of the molecule is CCCCCC/C=C\CCCCCCCCOCC(COP(=O)(O)OCC(O)CO)OC(=O)CCCCCCCCCCCCCC. The summed E-state index contributed by atoms with van der Waals surface area (Å²) in [4.78, 5) is 22.4. The van der Waals surface area contributed by atoms with Crippen LogP contribution in [0.25, 0.3) is 0 Å². The van der Waals surface area contributed by atoms with Crippen LogP contribution < -0.4 is 0 Å². The summed E-state index contributed by atoms with van der Waals surface area (Å²) >= 11 is 0. The van der Waals surface area contributed by atoms with Crippen molar-refractivity contribution in [2.24, 2.45) is 0 Å². The van der Waals surface area contributed by atoms with Crippen molar-refractivity contribution >= 4 is 13.8 Å². The summed E-state index contributed by atoms with van der Waals surface area (Å²) in [5, 5.41) is 18.3. The van der Waals surface area contributed by atoms with E-state index in [9.17, 15) is 19.4 Å². The fourth-order valence-corrected chi connectivity index (χ4v) is 6.02. The Labute approximate surface area is 288 Å². The predicted octanol–water partition coefficient (Wildman–Crippen LogP) is 9.75. The summed E-state index contributed by atoms with van der Waals surface area (Å²) in [5.41, 5.74) is 0. The van der Waals surface area contributed by atoms with Crippen LogP contribution in [0.15, 0.2) is 12.2 Å². The summed E-state index contributed by atoms with van der Waals surface area (Å²) in [6.45, 7) is 3.50. The Morgan fingerprint density at radius 3 is 1.62 bits per heavy atom. The van der Waals surface area contributed by atoms with Gasteiger partial charge in [0.25, 0.3) is 0 Å². The highest BCUT2D eigenvalue weighted by atomic mass is 31.2. The minimum Gasteiger partial charge on any atom is -0.457 e. The second kappa shape index (κ2) is 35.0. The standard InChI is InChI=1S/C37H73O9P/c1-3-5-7-9-11-13-15-17-18-20-22-24-26-28-30-43-33-36(34-45-47(41,42)44-32-35(39)31-38)46-37(40)29-27-25-23-21-19-16-14-12-10-8-6-4-2/h13,15,35-36,38-39H,3-12,14,16-34H2,1-2H3,(H,41,42)/b15-13-. The quantitative estimate of drug-likeness (QED) is 0.0252. The summed E-state index contributed by atoms with van der Waals surface area (Å²) in [6, 6.07) is 0. The van der Waals surface area contributed by atoms with E-state index in [1.54, 1.807) is 0 Å². The first kappa shape index (κ1) is 46.2. The van der Waals surface area contributed by atoms with Gasteiger partial charge in [-0.05, 0) is 38.5 Å². The van der Waals surface area contributed by atoms with Gasteiger partial charge in [-0.25, -0.2) is 4.57 Å². The van der Waals surface area contributed by atoms with Crippen LogP contribution in [0.2, 0.25) is 0 Å². The number of rotatable bonds is 37. The topological polar surface area (TPSA) is 132 Å². The van der Waals surface area contributed by atoms with E-state index in [0.717, 1.165) is 44.9 Å². The van der Waals surface area contributed by atoms with Gasteiger partial charge in [0.15, 0.2) is 0 Å². The zero-order valence-electron chi connectivity index (χ0n) is 30.3. The molecule has 0 aromatic heterocycles. The molecule has 10 heteroatoms. The number of unbranched alkanes of at least 4 members (excludes halogenated alkanes) is 21. The number of esters is 1. The lowest BCUT2D eigenvalue weighted by atomic mass is 10.0. The third kappa shape index (κ3) is 34.8. The van der Waals surface area contributed by atoms with Gasteiger partial charge in [0.2, 0.25) is 0 Å². The van der Waals surface area contributed by atoms with Crippen molar-refractivity contribution in [2.45, 2.75) is 187 Å². The molecular formula is C37H73O9P. The number of hydrogen-bond acceptors (Lipinski definition) is 8. The number of allylic oxidation sites excluding steroid dienone is 2. The van der Waals surface area contributed by atoms with Crippen LogP contribution in [-0.2, 0) is 27.9 Å². The molecule has 3 unspecified atom stereocenters. The van der Waals surface area contributed by atoms with E-state index in [0.29, 0.717) is 6.61 Å². The van der Waals surface area contributed by atoms with Crippen LogP contribution in [0.3, 0.4) is 0 Å². The average molecular weight is 693 g/mol. The molecule has 280 valence electrons. The van der Waals surface area contributed by atoms with Crippen molar-refractivity contribution in [3.63, 3.8) is 0 Å². The number of carbonyl (C=O) groups excluding carboxylic acids is 1. The average Bonchev–Trinajstić information content (AvgIpc) is 3.06. The third-order valence-electron chi connectivity index (χ3n) is 8.20. The fraction of sp³-hybridized carbons (Fsp3) is 0.919. The number of aliphatic hydroxyl groups is 2. The van der Waals surface area contributed by atoms with Gasteiger partial charge in [-0.2, -0.15) is 0 Å². The normalized spacial score (nSPS) is 14.4. The van der Waals surface area contributed by atoms with E-state index < -0.39 is 33.2 Å². The van der Waals surface area contributed by atoms with Crippen LogP contribution >= 0.6 is 7.82 Å². The van der Waals surface area contributed by atoms with Gasteiger partial charge in [0.05, 0.1) is 26.4 Å². The number of aliphatic hydroxyl groups excluding tert-OH is 2. The third-order valence-corrected chi connectivity index (χ3v) is 9.15. The summed E-state index contributed by atoms with van der Waals surface area (Å²) in [5.74, 6) is -0.384. The van der Waals surface area contributed by atoms with Crippen molar-refractivity contribution in [3.05, 3.63) is 12.2 Å². The first-order valence-corrected chi connectivity index (χ1v) is 20.7. The van der Waals surface area contributed by atoms with Gasteiger partial charge in [-0.3, -0.25) is 13.8 Å². The maximum absolute atomic E-state index is 12.5. The molecule has 0 aliphatic heterocycles. The van der Waals surface area contributed by atoms with Crippen LogP contribution in [0.5, 0.6) is 0 Å². The maximum Gasteiger partial charge on any atom is 0.472 e. The molecule has 0 aromatic rings. The highest BCUT2D eigenvalue weighted by Gasteiger charge is 2.26. The molecule has 0 aliphatic rings. The fourth-order valence-electron chi connectivity index (χ4n) is 5.23. The van der Waals surface area contributed by atoms with Crippen LogP contribution in [0.1, 0.15) is 174 Å². The van der Waals surface area contributed by atoms with E-state index in [-0.39, 0.29) is 25.6 Å². The van der Waals surface area contributed by atoms with E-state index >= 15 is 0 Å². The maximum atomic E-state index is 12.5. The molecule has 0 saturated carbocycles. The Hall–Kier alpha value is -0.800. The van der Waals surface area contributed by atoms with Crippen molar-refractivity contribution in [1.29, 1.82) is 0 Å². The lowest BCUT2D eigenvalue weighted by molar-refractivity contribution is -0.154. The van der Waals surface area contributed by atoms with Gasteiger partial charge in [0.1, 0.15) is 12.2 Å². The Morgan fingerprint density at radius 2 is 1.09 bits per heavy atom. The molecule has 0 amide bonds. The number of ether oxygens (including phenoxy) is 2. The summed E-state index contributed by atoms with van der Waals surface area (Å²) < 4.78 is 33.2. The molecular weight excluding hydrogens is 619 g/mol. The van der Waals surface area contributed by atoms with Crippen molar-refractivity contribution < 1.29 is 43.0 Å². The Morgan fingerprint density at radius 1 is 0.638 bits per heavy atom. The molecule has 0 bridgehead atoms. The molecule has 0 fully saturated rings. The Kier molecular flexibility index (Phi) is 34.4. The largest absolute Gasteiger partial charge is 0.472 e. The molecule has 3 atom stereocenters. The predicted molar refractivity (Wildman–Crippen MR) is 191 cm³/mol. The van der Waals surface area contributed by atoms with Crippen molar-refractivity contribution in [1.82, 2.24) is 0 Å². The zero-order chi connectivity index (χ0) is 34.7. The van der Waals surface area contributed by atoms with Crippen molar-refractivity contribution in [3.8, 4) is 0 Å². The lowest BCUT2D eigenvalue weighted by Crippen LogP contribution is -2.29. The molecule has 0 rings (SSSR count). The first-order chi connectivity index (χ1) is 22.8. The van der Waals surface area contributed by atoms with E-state index in [4.69, 9.17) is 23.6 Å². The van der Waals surface area contributed by atoms with Gasteiger partial charge in [0, 0.05) is 13.0 Å². The molecule has 9 nitrogen and oxygen atoms in total. The van der Waals surface area contributed by atoms with E-state index in [1.807, 2.05) is 0 Å². The molecule has 0 aliphatic carbocycles. The van der Waals surface area contributed by atoms with E-state index in [1.165, 1.54) is 109 Å². The minimum atomic E-state index is -4.50. The molecule has 0 aromatic carbocycles. The molecule has 47 heavy (non-hydrogen) atoms. The highest BCUT2D eigenvalue weighted by molar-refractivity contribution is 7.47. The van der Waals surface area contributed by atoms with Gasteiger partial charge in [-0.15, -0.1) is 0 Å². The number of hydrogen-bond donors (Lipinski definition) is 3. The Balaban J connectivity index is 4.22. The van der Waals surface area contributed by atoms with E-state index in [2.05, 4.69) is 26.0 Å². The van der Waals surface area contributed by atoms with Gasteiger partial charge in [-0.1, -0.05) is 142 Å². The van der Waals surface area contributed by atoms with Gasteiger partial charge < -0.3 is 24.6 Å². The zero-order valence-corrected chi connectivity index (χ0v) is 31.2. The smallest absolute Gasteiger partial charge is 0.457 e. The van der Waals surface area contributed by atoms with Crippen molar-refractivity contribution in [2.75, 3.05) is 33.0 Å². The molecule has 3 N–H and O–H groups in total. The van der Waals surface area contributed by atoms with Gasteiger partial charge >= 0.3 is 13.8 Å². The van der Waals surface area contributed by atoms with Crippen LogP contribution in [0.4, 0.5) is 0 Å². The summed E-state index contributed by atoms with van der Waals surface area (Å²) in [6.07, 6.45) is 31.6. The second-order valence-electron chi connectivity index (χ2n) is 13.0. The van der Waals surface area contributed by atoms with Crippen LogP contribution in [-0.4, -0.2) is 66.3 Å². The first-order valence-electron chi connectivity index (χ1n) is 19.2. The molecule has 0 saturated heterocycles. The molecule has 0 radical (unpaired) electrons. The summed E-state index contributed by atoms with van der Waals surface area (Å²) in [7, 11) is -4.50. The molecule has 0 heterocycles. The minimum absolute atomic E-state index is 0.0498. The number of phosphoric acid groups is 1.